The number of hydrogen-bond acceptors (Lipinski definition) is 3. The summed E-state index contributed by atoms with van der Waals surface area (Å²) in [5, 5.41) is 21.3. The third kappa shape index (κ3) is 2.80. The molecule has 0 saturated heterocycles. The smallest absolute Gasteiger partial charge is 0.115 e. The molecule has 3 nitrogen and oxygen atoms in total. The van der Waals surface area contributed by atoms with Crippen molar-refractivity contribution in [2.24, 2.45) is 0 Å². The van der Waals surface area contributed by atoms with Gasteiger partial charge in [0.15, 0.2) is 0 Å². The van der Waals surface area contributed by atoms with E-state index < -0.39 is 0 Å². The lowest BCUT2D eigenvalue weighted by Crippen LogP contribution is -2.06. The van der Waals surface area contributed by atoms with E-state index in [1.54, 1.807) is 12.1 Å². The summed E-state index contributed by atoms with van der Waals surface area (Å²) in [6.45, 7) is 2.05. The second-order valence-corrected chi connectivity index (χ2v) is 4.15. The van der Waals surface area contributed by atoms with Crippen molar-refractivity contribution in [1.82, 2.24) is 0 Å². The van der Waals surface area contributed by atoms with Gasteiger partial charge in [0.05, 0.1) is 11.6 Å². The Balaban J connectivity index is 2.09. The van der Waals surface area contributed by atoms with Crippen LogP contribution in [0.25, 0.3) is 0 Å². The molecular formula is C15H14N2O. The predicted octanol–water partition coefficient (Wildman–Crippen LogP) is 3.44. The van der Waals surface area contributed by atoms with Gasteiger partial charge < -0.3 is 10.4 Å². The number of nitriles is 1. The Hall–Kier alpha value is -2.47. The van der Waals surface area contributed by atoms with Crippen LogP contribution in [0.15, 0.2) is 48.5 Å². The molecule has 2 N–H and O–H groups in total. The SMILES string of the molecule is CC(Nc1ccc(O)cc1)c1ccc(C#N)cc1. The van der Waals surface area contributed by atoms with E-state index in [1.807, 2.05) is 43.3 Å². The van der Waals surface area contributed by atoms with Crippen LogP contribution in [0, 0.1) is 11.3 Å². The Labute approximate surface area is 106 Å². The molecule has 0 radical (unpaired) electrons. The quantitative estimate of drug-likeness (QED) is 0.805. The molecule has 0 aliphatic heterocycles. The second kappa shape index (κ2) is 5.24. The van der Waals surface area contributed by atoms with Crippen LogP contribution in [0.4, 0.5) is 5.69 Å². The van der Waals surface area contributed by atoms with Crippen molar-refractivity contribution in [1.29, 1.82) is 5.26 Å². The van der Waals surface area contributed by atoms with Crippen LogP contribution in [0.3, 0.4) is 0 Å². The normalized spacial score (nSPS) is 11.6. The van der Waals surface area contributed by atoms with Crippen LogP contribution in [0.1, 0.15) is 24.1 Å². The number of nitrogens with one attached hydrogen (secondary N) is 1. The van der Waals surface area contributed by atoms with Crippen LogP contribution in [-0.4, -0.2) is 5.11 Å². The van der Waals surface area contributed by atoms with Crippen molar-refractivity contribution in [3.63, 3.8) is 0 Å². The van der Waals surface area contributed by atoms with Crippen molar-refractivity contribution in [2.45, 2.75) is 13.0 Å². The Morgan fingerprint density at radius 3 is 2.22 bits per heavy atom. The number of aromatic hydroxyl groups is 1. The summed E-state index contributed by atoms with van der Waals surface area (Å²) in [5.74, 6) is 0.256. The largest absolute Gasteiger partial charge is 0.508 e. The maximum Gasteiger partial charge on any atom is 0.115 e. The lowest BCUT2D eigenvalue weighted by molar-refractivity contribution is 0.475. The van der Waals surface area contributed by atoms with E-state index in [2.05, 4.69) is 11.4 Å². The fourth-order valence-electron chi connectivity index (χ4n) is 1.74. The molecule has 0 amide bonds. The van der Waals surface area contributed by atoms with E-state index in [-0.39, 0.29) is 11.8 Å². The number of phenolic OH excluding ortho intramolecular Hbond substituents is 1. The number of anilines is 1. The highest BCUT2D eigenvalue weighted by atomic mass is 16.3. The van der Waals surface area contributed by atoms with Crippen molar-refractivity contribution in [3.05, 3.63) is 59.7 Å². The molecule has 3 heteroatoms. The molecule has 0 fully saturated rings. The fourth-order valence-corrected chi connectivity index (χ4v) is 1.74. The third-order valence-electron chi connectivity index (χ3n) is 2.79. The zero-order valence-electron chi connectivity index (χ0n) is 10.1. The first-order valence-electron chi connectivity index (χ1n) is 5.74. The Morgan fingerprint density at radius 1 is 1.06 bits per heavy atom. The molecule has 0 spiro atoms. The summed E-state index contributed by atoms with van der Waals surface area (Å²) < 4.78 is 0. The first kappa shape index (κ1) is 12.0. The highest BCUT2D eigenvalue weighted by Crippen LogP contribution is 2.21. The summed E-state index contributed by atoms with van der Waals surface area (Å²) in [6, 6.07) is 16.7. The maximum absolute atomic E-state index is 9.21. The van der Waals surface area contributed by atoms with Gasteiger partial charge >= 0.3 is 0 Å². The van der Waals surface area contributed by atoms with Gasteiger partial charge in [0.25, 0.3) is 0 Å². The third-order valence-corrected chi connectivity index (χ3v) is 2.79. The molecule has 0 aliphatic rings. The van der Waals surface area contributed by atoms with Crippen molar-refractivity contribution in [3.8, 4) is 11.8 Å². The van der Waals surface area contributed by atoms with Crippen LogP contribution >= 0.6 is 0 Å². The molecule has 18 heavy (non-hydrogen) atoms. The lowest BCUT2D eigenvalue weighted by atomic mass is 10.1. The average Bonchev–Trinajstić information content (AvgIpc) is 2.41. The molecule has 0 aromatic heterocycles. The molecular weight excluding hydrogens is 224 g/mol. The van der Waals surface area contributed by atoms with Crippen LogP contribution in [0.2, 0.25) is 0 Å². The first-order valence-corrected chi connectivity index (χ1v) is 5.74. The molecule has 90 valence electrons. The van der Waals surface area contributed by atoms with Gasteiger partial charge in [-0.15, -0.1) is 0 Å². The van der Waals surface area contributed by atoms with Crippen molar-refractivity contribution >= 4 is 5.69 Å². The standard InChI is InChI=1S/C15H14N2O/c1-11(13-4-2-12(10-16)3-5-13)17-14-6-8-15(18)9-7-14/h2-9,11,17-18H,1H3. The second-order valence-electron chi connectivity index (χ2n) is 4.15. The first-order chi connectivity index (χ1) is 8.69. The molecule has 1 unspecified atom stereocenters. The molecule has 0 heterocycles. The molecule has 0 bridgehead atoms. The molecule has 2 aromatic rings. The monoisotopic (exact) mass is 238 g/mol. The molecule has 2 aromatic carbocycles. The van der Waals surface area contributed by atoms with Gasteiger partial charge in [-0.05, 0) is 48.9 Å². The van der Waals surface area contributed by atoms with E-state index in [4.69, 9.17) is 5.26 Å². The Bertz CT molecular complexity index is 553. The Morgan fingerprint density at radius 2 is 1.67 bits per heavy atom. The van der Waals surface area contributed by atoms with Gasteiger partial charge in [-0.2, -0.15) is 5.26 Å². The van der Waals surface area contributed by atoms with Crippen molar-refractivity contribution < 1.29 is 5.11 Å². The minimum absolute atomic E-state index is 0.141. The average molecular weight is 238 g/mol. The van der Waals surface area contributed by atoms with Gasteiger partial charge in [-0.1, -0.05) is 12.1 Å². The van der Waals surface area contributed by atoms with Gasteiger partial charge in [0, 0.05) is 11.7 Å². The Kier molecular flexibility index (Phi) is 3.49. The van der Waals surface area contributed by atoms with Gasteiger partial charge in [0.1, 0.15) is 5.75 Å². The number of rotatable bonds is 3. The minimum atomic E-state index is 0.141. The van der Waals surface area contributed by atoms with E-state index >= 15 is 0 Å². The van der Waals surface area contributed by atoms with Crippen LogP contribution in [0.5, 0.6) is 5.75 Å². The topological polar surface area (TPSA) is 56.0 Å². The van der Waals surface area contributed by atoms with Gasteiger partial charge in [-0.3, -0.25) is 0 Å². The van der Waals surface area contributed by atoms with Gasteiger partial charge in [0.2, 0.25) is 0 Å². The zero-order valence-corrected chi connectivity index (χ0v) is 10.1. The van der Waals surface area contributed by atoms with Crippen LogP contribution in [-0.2, 0) is 0 Å². The molecule has 1 atom stereocenters. The summed E-state index contributed by atoms with van der Waals surface area (Å²) in [5.41, 5.74) is 2.72. The van der Waals surface area contributed by atoms with E-state index in [1.165, 1.54) is 0 Å². The van der Waals surface area contributed by atoms with Crippen LogP contribution < -0.4 is 5.32 Å². The van der Waals surface area contributed by atoms with E-state index in [0.29, 0.717) is 5.56 Å². The predicted molar refractivity (Wildman–Crippen MR) is 71.3 cm³/mol. The fraction of sp³-hybridized carbons (Fsp3) is 0.133. The maximum atomic E-state index is 9.21. The molecule has 2 rings (SSSR count). The lowest BCUT2D eigenvalue weighted by Gasteiger charge is -2.15. The molecule has 0 saturated carbocycles. The minimum Gasteiger partial charge on any atom is -0.508 e. The van der Waals surface area contributed by atoms with Gasteiger partial charge in [-0.25, -0.2) is 0 Å². The summed E-state index contributed by atoms with van der Waals surface area (Å²) in [7, 11) is 0. The number of phenols is 1. The number of benzene rings is 2. The van der Waals surface area contributed by atoms with E-state index in [0.717, 1.165) is 11.3 Å². The van der Waals surface area contributed by atoms with Crippen molar-refractivity contribution in [2.75, 3.05) is 5.32 Å². The highest BCUT2D eigenvalue weighted by Gasteiger charge is 2.05. The number of nitrogens with zero attached hydrogens (tertiary/aromatic N) is 1. The zero-order chi connectivity index (χ0) is 13.0. The summed E-state index contributed by atoms with van der Waals surface area (Å²) in [4.78, 5) is 0. The van der Waals surface area contributed by atoms with E-state index in [9.17, 15) is 5.11 Å². The highest BCUT2D eigenvalue weighted by molar-refractivity contribution is 5.48. The summed E-state index contributed by atoms with van der Waals surface area (Å²) >= 11 is 0. The molecule has 0 aliphatic carbocycles. The summed E-state index contributed by atoms with van der Waals surface area (Å²) in [6.07, 6.45) is 0. The number of hydrogen-bond donors (Lipinski definition) is 2.